The first-order chi connectivity index (χ1) is 17.7. The first-order valence-electron chi connectivity index (χ1n) is 12.0. The molecule has 0 fully saturated rings. The van der Waals surface area contributed by atoms with Gasteiger partial charge in [-0.25, -0.2) is 4.79 Å². The molecule has 0 spiro atoms. The number of ether oxygens (including phenoxy) is 1. The van der Waals surface area contributed by atoms with E-state index < -0.39 is 30.0 Å². The van der Waals surface area contributed by atoms with Gasteiger partial charge in [0.2, 0.25) is 11.8 Å². The van der Waals surface area contributed by atoms with Gasteiger partial charge in [-0.2, -0.15) is 0 Å². The van der Waals surface area contributed by atoms with Crippen molar-refractivity contribution in [2.75, 3.05) is 0 Å². The molecule has 3 amide bonds. The third-order valence-corrected chi connectivity index (χ3v) is 5.79. The van der Waals surface area contributed by atoms with E-state index in [2.05, 4.69) is 10.6 Å². The monoisotopic (exact) mass is 501 g/mol. The van der Waals surface area contributed by atoms with Crippen molar-refractivity contribution in [1.29, 1.82) is 0 Å². The summed E-state index contributed by atoms with van der Waals surface area (Å²) in [6.45, 7) is 3.60. The molecule has 3 rings (SSSR count). The minimum absolute atomic E-state index is 0.0613. The molecule has 0 heterocycles. The molecular weight excluding hydrogens is 470 g/mol. The summed E-state index contributed by atoms with van der Waals surface area (Å²) in [5, 5.41) is 5.21. The Labute approximate surface area is 216 Å². The van der Waals surface area contributed by atoms with Gasteiger partial charge in [0.15, 0.2) is 5.78 Å². The lowest BCUT2D eigenvalue weighted by atomic mass is 9.98. The Bertz CT molecular complexity index is 1210. The highest BCUT2D eigenvalue weighted by atomic mass is 16.5. The first-order valence-corrected chi connectivity index (χ1v) is 12.0. The zero-order chi connectivity index (χ0) is 26.8. The molecule has 3 aromatic carbocycles. The number of hydrogen-bond donors (Lipinski definition) is 3. The van der Waals surface area contributed by atoms with E-state index in [1.807, 2.05) is 36.4 Å². The van der Waals surface area contributed by atoms with E-state index in [-0.39, 0.29) is 24.7 Å². The van der Waals surface area contributed by atoms with E-state index in [1.165, 1.54) is 0 Å². The van der Waals surface area contributed by atoms with Crippen LogP contribution in [0.25, 0.3) is 0 Å². The number of primary amides is 1. The Morgan fingerprint density at radius 1 is 0.757 bits per heavy atom. The lowest BCUT2D eigenvalue weighted by Crippen LogP contribution is -2.55. The molecule has 192 valence electrons. The quantitative estimate of drug-likeness (QED) is 0.347. The van der Waals surface area contributed by atoms with Gasteiger partial charge in [0.25, 0.3) is 0 Å². The SMILES string of the molecule is CC(C)[C@@H](NC(=O)OCc1ccccc1)C(=O)N[C@@H](Cc1ccc(C(=O)c2ccccc2)cc1)C(N)=O. The van der Waals surface area contributed by atoms with Crippen molar-refractivity contribution in [2.45, 2.75) is 39.0 Å². The molecule has 0 aliphatic rings. The van der Waals surface area contributed by atoms with E-state index in [4.69, 9.17) is 10.5 Å². The number of ketones is 1. The number of alkyl carbamates (subject to hydrolysis) is 1. The van der Waals surface area contributed by atoms with Crippen molar-refractivity contribution in [3.05, 3.63) is 107 Å². The topological polar surface area (TPSA) is 128 Å². The zero-order valence-corrected chi connectivity index (χ0v) is 20.8. The number of nitrogens with one attached hydrogen (secondary N) is 2. The van der Waals surface area contributed by atoms with Crippen LogP contribution in [0.2, 0.25) is 0 Å². The van der Waals surface area contributed by atoms with E-state index in [1.54, 1.807) is 62.4 Å². The number of amides is 3. The van der Waals surface area contributed by atoms with Gasteiger partial charge in [0.05, 0.1) is 0 Å². The molecule has 0 aliphatic heterocycles. The van der Waals surface area contributed by atoms with Crippen LogP contribution in [0.4, 0.5) is 4.79 Å². The Balaban J connectivity index is 1.60. The number of carbonyl (C=O) groups is 4. The largest absolute Gasteiger partial charge is 0.445 e. The van der Waals surface area contributed by atoms with Crippen LogP contribution in [0.3, 0.4) is 0 Å². The van der Waals surface area contributed by atoms with Crippen molar-refractivity contribution >= 4 is 23.7 Å². The Morgan fingerprint density at radius 3 is 1.89 bits per heavy atom. The van der Waals surface area contributed by atoms with Crippen molar-refractivity contribution in [2.24, 2.45) is 11.7 Å². The molecule has 0 aliphatic carbocycles. The summed E-state index contributed by atoms with van der Waals surface area (Å²) in [5.41, 5.74) is 8.17. The molecule has 0 saturated carbocycles. The molecule has 8 heteroatoms. The summed E-state index contributed by atoms with van der Waals surface area (Å²) in [4.78, 5) is 50.0. The highest BCUT2D eigenvalue weighted by Crippen LogP contribution is 2.13. The molecule has 0 radical (unpaired) electrons. The number of benzene rings is 3. The highest BCUT2D eigenvalue weighted by Gasteiger charge is 2.28. The zero-order valence-electron chi connectivity index (χ0n) is 20.8. The molecule has 4 N–H and O–H groups in total. The molecule has 8 nitrogen and oxygen atoms in total. The van der Waals surface area contributed by atoms with E-state index in [9.17, 15) is 19.2 Å². The fourth-order valence-electron chi connectivity index (χ4n) is 3.70. The predicted octanol–water partition coefficient (Wildman–Crippen LogP) is 3.38. The van der Waals surface area contributed by atoms with Gasteiger partial charge in [0.1, 0.15) is 18.7 Å². The Morgan fingerprint density at radius 2 is 1.32 bits per heavy atom. The maximum absolute atomic E-state index is 13.0. The minimum Gasteiger partial charge on any atom is -0.445 e. The molecular formula is C29H31N3O5. The number of nitrogens with two attached hydrogens (primary N) is 1. The second-order valence-corrected chi connectivity index (χ2v) is 8.99. The van der Waals surface area contributed by atoms with Crippen LogP contribution in [0.5, 0.6) is 0 Å². The van der Waals surface area contributed by atoms with Crippen molar-refractivity contribution < 1.29 is 23.9 Å². The molecule has 0 unspecified atom stereocenters. The van der Waals surface area contributed by atoms with Crippen LogP contribution >= 0.6 is 0 Å². The van der Waals surface area contributed by atoms with Gasteiger partial charge in [0, 0.05) is 17.5 Å². The van der Waals surface area contributed by atoms with Gasteiger partial charge in [-0.3, -0.25) is 14.4 Å². The summed E-state index contributed by atoms with van der Waals surface area (Å²) in [6, 6.07) is 22.9. The standard InChI is InChI=1S/C29H31N3O5/c1-19(2)25(32-29(36)37-18-21-9-5-3-6-10-21)28(35)31-24(27(30)34)17-20-13-15-23(16-14-20)26(33)22-11-7-4-8-12-22/h3-16,19,24-25H,17-18H2,1-2H3,(H2,30,34)(H,31,35)(H,32,36)/t24-,25+/m0/s1. The van der Waals surface area contributed by atoms with Crippen molar-refractivity contribution in [3.8, 4) is 0 Å². The van der Waals surface area contributed by atoms with Crippen LogP contribution in [0, 0.1) is 5.92 Å². The molecule has 0 saturated heterocycles. The average Bonchev–Trinajstić information content (AvgIpc) is 2.91. The summed E-state index contributed by atoms with van der Waals surface area (Å²) < 4.78 is 5.22. The lowest BCUT2D eigenvalue weighted by Gasteiger charge is -2.24. The van der Waals surface area contributed by atoms with Gasteiger partial charge >= 0.3 is 6.09 Å². The van der Waals surface area contributed by atoms with Crippen molar-refractivity contribution in [1.82, 2.24) is 10.6 Å². The maximum Gasteiger partial charge on any atom is 0.408 e. The summed E-state index contributed by atoms with van der Waals surface area (Å²) in [7, 11) is 0. The highest BCUT2D eigenvalue weighted by molar-refractivity contribution is 6.08. The molecule has 2 atom stereocenters. The summed E-state index contributed by atoms with van der Waals surface area (Å²) in [5.74, 6) is -1.66. The van der Waals surface area contributed by atoms with E-state index in [0.29, 0.717) is 16.7 Å². The van der Waals surface area contributed by atoms with Gasteiger partial charge in [-0.15, -0.1) is 0 Å². The van der Waals surface area contributed by atoms with Crippen LogP contribution in [0.1, 0.15) is 40.9 Å². The first kappa shape index (κ1) is 27.1. The van der Waals surface area contributed by atoms with Gasteiger partial charge in [-0.1, -0.05) is 98.8 Å². The molecule has 3 aromatic rings. The van der Waals surface area contributed by atoms with Crippen LogP contribution in [-0.4, -0.2) is 35.8 Å². The minimum atomic E-state index is -1.01. The smallest absolute Gasteiger partial charge is 0.408 e. The second kappa shape index (κ2) is 13.0. The fraction of sp³-hybridized carbons (Fsp3) is 0.241. The third-order valence-electron chi connectivity index (χ3n) is 5.79. The van der Waals surface area contributed by atoms with E-state index >= 15 is 0 Å². The Kier molecular flexibility index (Phi) is 9.55. The maximum atomic E-state index is 13.0. The van der Waals surface area contributed by atoms with Crippen molar-refractivity contribution in [3.63, 3.8) is 0 Å². The second-order valence-electron chi connectivity index (χ2n) is 8.99. The molecule has 37 heavy (non-hydrogen) atoms. The number of carbonyl (C=O) groups excluding carboxylic acids is 4. The van der Waals surface area contributed by atoms with Crippen LogP contribution in [0.15, 0.2) is 84.9 Å². The van der Waals surface area contributed by atoms with E-state index in [0.717, 1.165) is 5.56 Å². The average molecular weight is 502 g/mol. The summed E-state index contributed by atoms with van der Waals surface area (Å²) in [6.07, 6.45) is -0.614. The fourth-order valence-corrected chi connectivity index (χ4v) is 3.70. The van der Waals surface area contributed by atoms with Gasteiger partial charge in [-0.05, 0) is 17.0 Å². The molecule has 0 bridgehead atoms. The lowest BCUT2D eigenvalue weighted by molar-refractivity contribution is -0.129. The Hall–Kier alpha value is -4.46. The summed E-state index contributed by atoms with van der Waals surface area (Å²) >= 11 is 0. The normalized spacial score (nSPS) is 12.3. The number of rotatable bonds is 11. The predicted molar refractivity (Wildman–Crippen MR) is 140 cm³/mol. The van der Waals surface area contributed by atoms with Gasteiger partial charge < -0.3 is 21.1 Å². The van der Waals surface area contributed by atoms with Crippen LogP contribution < -0.4 is 16.4 Å². The molecule has 0 aromatic heterocycles. The third kappa shape index (κ3) is 8.03. The van der Waals surface area contributed by atoms with Crippen LogP contribution in [-0.2, 0) is 27.4 Å². The number of hydrogen-bond acceptors (Lipinski definition) is 5.